The minimum Gasteiger partial charge on any atom is -0.396 e. The van der Waals surface area contributed by atoms with E-state index in [4.69, 9.17) is 5.11 Å². The summed E-state index contributed by atoms with van der Waals surface area (Å²) in [5.41, 5.74) is 1.30. The van der Waals surface area contributed by atoms with Crippen molar-refractivity contribution in [2.45, 2.75) is 57.2 Å². The van der Waals surface area contributed by atoms with Crippen molar-refractivity contribution in [3.05, 3.63) is 24.0 Å². The number of hydrogen-bond donors (Lipinski definition) is 3. The normalized spacial score (nSPS) is 25.8. The maximum absolute atomic E-state index is 9.04. The second-order valence-electron chi connectivity index (χ2n) is 6.11. The Morgan fingerprint density at radius 1 is 1.33 bits per heavy atom. The van der Waals surface area contributed by atoms with Crippen LogP contribution in [-0.2, 0) is 0 Å². The summed E-state index contributed by atoms with van der Waals surface area (Å²) < 4.78 is 0. The Bertz CT molecular complexity index is 438. The van der Waals surface area contributed by atoms with Gasteiger partial charge in [-0.3, -0.25) is 0 Å². The first-order chi connectivity index (χ1) is 10.4. The molecule has 2 aliphatic heterocycles. The van der Waals surface area contributed by atoms with Crippen LogP contribution >= 0.6 is 0 Å². The highest BCUT2D eigenvalue weighted by atomic mass is 16.3. The molecule has 0 bridgehead atoms. The van der Waals surface area contributed by atoms with Gasteiger partial charge < -0.3 is 20.6 Å². The fourth-order valence-corrected chi connectivity index (χ4v) is 3.32. The second-order valence-corrected chi connectivity index (χ2v) is 6.11. The molecular weight excluding hydrogens is 264 g/mol. The fourth-order valence-electron chi connectivity index (χ4n) is 3.32. The summed E-state index contributed by atoms with van der Waals surface area (Å²) in [6.45, 7) is 1.09. The van der Waals surface area contributed by atoms with E-state index in [9.17, 15) is 0 Å². The van der Waals surface area contributed by atoms with Crippen molar-refractivity contribution < 1.29 is 5.11 Å². The van der Waals surface area contributed by atoms with E-state index in [0.717, 1.165) is 25.3 Å². The number of nitrogens with zero attached hydrogens (tertiary/aromatic N) is 2. The van der Waals surface area contributed by atoms with Crippen molar-refractivity contribution in [2.24, 2.45) is 4.99 Å². The molecule has 1 aliphatic carbocycles. The molecule has 0 amide bonds. The molecule has 0 aromatic heterocycles. The van der Waals surface area contributed by atoms with E-state index in [2.05, 4.69) is 32.8 Å². The van der Waals surface area contributed by atoms with Crippen molar-refractivity contribution in [3.8, 4) is 0 Å². The first kappa shape index (κ1) is 14.4. The van der Waals surface area contributed by atoms with Crippen LogP contribution in [0.5, 0.6) is 0 Å². The lowest BCUT2D eigenvalue weighted by molar-refractivity contribution is 0.226. The third kappa shape index (κ3) is 3.59. The number of hydrogen-bond acceptors (Lipinski definition) is 5. The predicted octanol–water partition coefficient (Wildman–Crippen LogP) is 1.68. The maximum Gasteiger partial charge on any atom is 0.198 e. The topological polar surface area (TPSA) is 59.9 Å². The van der Waals surface area contributed by atoms with Gasteiger partial charge in [-0.05, 0) is 37.5 Å². The molecule has 3 aliphatic rings. The van der Waals surface area contributed by atoms with E-state index >= 15 is 0 Å². The Hall–Kier alpha value is -1.49. The molecule has 0 aromatic carbocycles. The Morgan fingerprint density at radius 3 is 3.00 bits per heavy atom. The van der Waals surface area contributed by atoms with Crippen LogP contribution in [0.1, 0.15) is 44.9 Å². The fraction of sp³-hybridized carbons (Fsp3) is 0.688. The maximum atomic E-state index is 9.04. The highest BCUT2D eigenvalue weighted by Crippen LogP contribution is 2.22. The molecule has 3 N–H and O–H groups in total. The zero-order valence-corrected chi connectivity index (χ0v) is 12.6. The van der Waals surface area contributed by atoms with Crippen LogP contribution in [0.15, 0.2) is 29.0 Å². The summed E-state index contributed by atoms with van der Waals surface area (Å²) in [5.74, 6) is 0.903. The van der Waals surface area contributed by atoms with Crippen molar-refractivity contribution in [1.29, 1.82) is 0 Å². The molecule has 21 heavy (non-hydrogen) atoms. The molecule has 5 heteroatoms. The number of aliphatic imine (C=N–C) groups is 1. The van der Waals surface area contributed by atoms with Crippen molar-refractivity contribution in [2.75, 3.05) is 13.2 Å². The standard InChI is InChI=1S/C16H26N4O/c21-11-5-10-20-9-4-6-13-12-17-16(19-15(13)20)18-14-7-2-1-3-8-14/h4,9,12,14-15,21H,1-3,5-8,10-11H2,(H2,17,18,19). The van der Waals surface area contributed by atoms with Gasteiger partial charge in [0.25, 0.3) is 0 Å². The van der Waals surface area contributed by atoms with E-state index in [1.165, 1.54) is 37.7 Å². The van der Waals surface area contributed by atoms with Crippen molar-refractivity contribution >= 4 is 5.96 Å². The van der Waals surface area contributed by atoms with Gasteiger partial charge in [-0.25, -0.2) is 4.99 Å². The Balaban J connectivity index is 1.61. The smallest absolute Gasteiger partial charge is 0.198 e. The Kier molecular flexibility index (Phi) is 4.80. The molecule has 2 heterocycles. The molecule has 5 nitrogen and oxygen atoms in total. The van der Waals surface area contributed by atoms with Crippen LogP contribution in [0.2, 0.25) is 0 Å². The number of aliphatic hydroxyl groups excluding tert-OH is 1. The predicted molar refractivity (Wildman–Crippen MR) is 84.6 cm³/mol. The van der Waals surface area contributed by atoms with E-state index in [0.29, 0.717) is 6.04 Å². The zero-order valence-electron chi connectivity index (χ0n) is 12.6. The highest BCUT2D eigenvalue weighted by molar-refractivity contribution is 5.82. The average molecular weight is 290 g/mol. The van der Waals surface area contributed by atoms with Gasteiger partial charge >= 0.3 is 0 Å². The highest BCUT2D eigenvalue weighted by Gasteiger charge is 2.26. The Labute approximate surface area is 126 Å². The van der Waals surface area contributed by atoms with Gasteiger partial charge in [0.05, 0.1) is 0 Å². The molecule has 1 atom stereocenters. The quantitative estimate of drug-likeness (QED) is 0.737. The summed E-state index contributed by atoms with van der Waals surface area (Å²) in [7, 11) is 0. The lowest BCUT2D eigenvalue weighted by atomic mass is 9.95. The number of fused-ring (bicyclic) bond motifs is 1. The number of guanidine groups is 1. The largest absolute Gasteiger partial charge is 0.396 e. The summed E-state index contributed by atoms with van der Waals surface area (Å²) in [5, 5.41) is 16.1. The summed E-state index contributed by atoms with van der Waals surface area (Å²) in [6, 6.07) is 0.560. The van der Waals surface area contributed by atoms with Crippen LogP contribution in [-0.4, -0.2) is 41.3 Å². The molecule has 0 radical (unpaired) electrons. The number of nitrogens with one attached hydrogen (secondary N) is 2. The molecule has 116 valence electrons. The van der Waals surface area contributed by atoms with E-state index in [1.54, 1.807) is 0 Å². The first-order valence-corrected chi connectivity index (χ1v) is 8.20. The van der Waals surface area contributed by atoms with Gasteiger partial charge in [0.15, 0.2) is 5.96 Å². The van der Waals surface area contributed by atoms with Crippen LogP contribution in [0.3, 0.4) is 0 Å². The van der Waals surface area contributed by atoms with Crippen molar-refractivity contribution in [1.82, 2.24) is 15.5 Å². The average Bonchev–Trinajstić information content (AvgIpc) is 2.54. The van der Waals surface area contributed by atoms with E-state index in [-0.39, 0.29) is 12.8 Å². The molecule has 1 unspecified atom stereocenters. The third-order valence-electron chi connectivity index (χ3n) is 4.49. The molecular formula is C16H26N4O. The second kappa shape index (κ2) is 6.98. The lowest BCUT2D eigenvalue weighted by Crippen LogP contribution is -2.55. The molecule has 1 saturated carbocycles. The summed E-state index contributed by atoms with van der Waals surface area (Å²) in [6.07, 6.45) is 14.7. The summed E-state index contributed by atoms with van der Waals surface area (Å²) >= 11 is 0. The lowest BCUT2D eigenvalue weighted by Gasteiger charge is -2.38. The SMILES string of the molecule is OCCCN1C=CCC2=CN=C(NC3CCCCC3)NC21. The van der Waals surface area contributed by atoms with Crippen LogP contribution < -0.4 is 10.6 Å². The van der Waals surface area contributed by atoms with E-state index in [1.807, 2.05) is 6.20 Å². The first-order valence-electron chi connectivity index (χ1n) is 8.20. The molecule has 3 rings (SSSR count). The van der Waals surface area contributed by atoms with Crippen LogP contribution in [0, 0.1) is 0 Å². The minimum absolute atomic E-state index is 0.185. The van der Waals surface area contributed by atoms with Gasteiger partial charge in [-0.15, -0.1) is 0 Å². The van der Waals surface area contributed by atoms with Gasteiger partial charge in [-0.2, -0.15) is 0 Å². The molecule has 0 saturated heterocycles. The molecule has 0 spiro atoms. The zero-order chi connectivity index (χ0) is 14.5. The number of aliphatic hydroxyl groups is 1. The molecule has 1 fully saturated rings. The van der Waals surface area contributed by atoms with Crippen LogP contribution in [0.25, 0.3) is 0 Å². The van der Waals surface area contributed by atoms with Gasteiger partial charge in [0, 0.05) is 25.4 Å². The van der Waals surface area contributed by atoms with Gasteiger partial charge in [0.1, 0.15) is 6.17 Å². The minimum atomic E-state index is 0.185. The Morgan fingerprint density at radius 2 is 2.19 bits per heavy atom. The van der Waals surface area contributed by atoms with Gasteiger partial charge in [-0.1, -0.05) is 25.3 Å². The van der Waals surface area contributed by atoms with E-state index < -0.39 is 0 Å². The van der Waals surface area contributed by atoms with Crippen LogP contribution in [0.4, 0.5) is 0 Å². The summed E-state index contributed by atoms with van der Waals surface area (Å²) in [4.78, 5) is 6.80. The molecule has 0 aromatic rings. The number of rotatable bonds is 4. The van der Waals surface area contributed by atoms with Crippen molar-refractivity contribution in [3.63, 3.8) is 0 Å². The van der Waals surface area contributed by atoms with Gasteiger partial charge in [0.2, 0.25) is 0 Å². The number of allylic oxidation sites excluding steroid dienone is 1. The third-order valence-corrected chi connectivity index (χ3v) is 4.49. The monoisotopic (exact) mass is 290 g/mol.